The Morgan fingerprint density at radius 2 is 1.91 bits per heavy atom. The summed E-state index contributed by atoms with van der Waals surface area (Å²) in [5.74, 6) is 2.15. The summed E-state index contributed by atoms with van der Waals surface area (Å²) in [6.07, 6.45) is 0. The van der Waals surface area contributed by atoms with Gasteiger partial charge in [0.05, 0.1) is 6.04 Å². The molecule has 2 unspecified atom stereocenters. The fraction of sp³-hybridized carbons (Fsp3) is 0.562. The van der Waals surface area contributed by atoms with Crippen LogP contribution in [0.5, 0.6) is 11.5 Å². The Morgan fingerprint density at radius 3 is 2.55 bits per heavy atom. The molecule has 3 rings (SSSR count). The van der Waals surface area contributed by atoms with E-state index in [0.29, 0.717) is 19.1 Å². The van der Waals surface area contributed by atoms with E-state index in [2.05, 4.69) is 10.6 Å². The quantitative estimate of drug-likeness (QED) is 0.887. The molecule has 122 valence electrons. The minimum absolute atomic E-state index is 0. The van der Waals surface area contributed by atoms with Gasteiger partial charge in [-0.15, -0.1) is 12.4 Å². The zero-order valence-electron chi connectivity index (χ0n) is 12.9. The van der Waals surface area contributed by atoms with Crippen LogP contribution in [-0.4, -0.2) is 32.2 Å². The summed E-state index contributed by atoms with van der Waals surface area (Å²) in [5.41, 5.74) is 1.03. The molecule has 5 nitrogen and oxygen atoms in total. The number of benzene rings is 1. The summed E-state index contributed by atoms with van der Waals surface area (Å²) in [6, 6.07) is 5.80. The highest BCUT2D eigenvalue weighted by Gasteiger charge is 2.29. The Morgan fingerprint density at radius 1 is 1.23 bits per heavy atom. The minimum Gasteiger partial charge on any atom is -0.486 e. The molecule has 1 saturated heterocycles. The molecule has 2 N–H and O–H groups in total. The van der Waals surface area contributed by atoms with Gasteiger partial charge < -0.3 is 20.1 Å². The molecule has 2 aliphatic heterocycles. The predicted octanol–water partition coefficient (Wildman–Crippen LogP) is 1.91. The Hall–Kier alpha value is -1.46. The zero-order valence-corrected chi connectivity index (χ0v) is 13.7. The molecule has 0 spiro atoms. The number of nitrogens with one attached hydrogen (secondary N) is 2. The Bertz CT molecular complexity index is 534. The number of carbonyl (C=O) groups is 1. The third-order valence-electron chi connectivity index (χ3n) is 4.36. The van der Waals surface area contributed by atoms with Crippen LogP contribution in [0, 0.1) is 11.8 Å². The van der Waals surface area contributed by atoms with Crippen molar-refractivity contribution in [1.29, 1.82) is 0 Å². The van der Waals surface area contributed by atoms with Crippen molar-refractivity contribution in [3.05, 3.63) is 23.8 Å². The van der Waals surface area contributed by atoms with Crippen LogP contribution in [-0.2, 0) is 4.79 Å². The average molecular weight is 327 g/mol. The maximum Gasteiger partial charge on any atom is 0.223 e. The summed E-state index contributed by atoms with van der Waals surface area (Å²) in [5, 5.41) is 6.29. The van der Waals surface area contributed by atoms with E-state index >= 15 is 0 Å². The molecular weight excluding hydrogens is 304 g/mol. The van der Waals surface area contributed by atoms with E-state index in [4.69, 9.17) is 9.47 Å². The molecule has 0 bridgehead atoms. The molecule has 0 radical (unpaired) electrons. The second-order valence-corrected chi connectivity index (χ2v) is 5.84. The van der Waals surface area contributed by atoms with E-state index in [1.54, 1.807) is 0 Å². The van der Waals surface area contributed by atoms with Crippen LogP contribution in [0.1, 0.15) is 25.5 Å². The normalized spacial score (nSPS) is 19.4. The van der Waals surface area contributed by atoms with Crippen LogP contribution in [0.2, 0.25) is 0 Å². The molecule has 0 saturated carbocycles. The van der Waals surface area contributed by atoms with Crippen molar-refractivity contribution in [2.75, 3.05) is 26.3 Å². The maximum atomic E-state index is 12.3. The van der Waals surface area contributed by atoms with E-state index in [1.807, 2.05) is 32.0 Å². The number of carbonyl (C=O) groups excluding carboxylic acids is 1. The van der Waals surface area contributed by atoms with E-state index in [1.165, 1.54) is 0 Å². The van der Waals surface area contributed by atoms with E-state index < -0.39 is 0 Å². The Balaban J connectivity index is 0.00000176. The second kappa shape index (κ2) is 7.20. The highest BCUT2D eigenvalue weighted by Crippen LogP contribution is 2.32. The average Bonchev–Trinajstić information content (AvgIpc) is 2.44. The van der Waals surface area contributed by atoms with Gasteiger partial charge in [0.15, 0.2) is 11.5 Å². The smallest absolute Gasteiger partial charge is 0.223 e. The SMILES string of the molecule is CC(NC(=O)C(C)C1CNC1)c1ccc2c(c1)OCCO2.Cl. The van der Waals surface area contributed by atoms with Crippen molar-refractivity contribution in [2.24, 2.45) is 11.8 Å². The van der Waals surface area contributed by atoms with Crippen LogP contribution in [0.25, 0.3) is 0 Å². The Kier molecular flexibility index (Phi) is 5.53. The molecule has 22 heavy (non-hydrogen) atoms. The highest BCUT2D eigenvalue weighted by molar-refractivity contribution is 5.85. The highest BCUT2D eigenvalue weighted by atomic mass is 35.5. The fourth-order valence-corrected chi connectivity index (χ4v) is 2.64. The van der Waals surface area contributed by atoms with Gasteiger partial charge in [-0.1, -0.05) is 13.0 Å². The number of hydrogen-bond acceptors (Lipinski definition) is 4. The van der Waals surface area contributed by atoms with Crippen LogP contribution in [0.15, 0.2) is 18.2 Å². The predicted molar refractivity (Wildman–Crippen MR) is 86.8 cm³/mol. The summed E-state index contributed by atoms with van der Waals surface area (Å²) in [4.78, 5) is 12.3. The summed E-state index contributed by atoms with van der Waals surface area (Å²) >= 11 is 0. The maximum absolute atomic E-state index is 12.3. The van der Waals surface area contributed by atoms with Crippen molar-refractivity contribution in [1.82, 2.24) is 10.6 Å². The topological polar surface area (TPSA) is 59.6 Å². The molecule has 2 atom stereocenters. The van der Waals surface area contributed by atoms with Crippen molar-refractivity contribution in [3.63, 3.8) is 0 Å². The monoisotopic (exact) mass is 326 g/mol. The molecule has 1 fully saturated rings. The lowest BCUT2D eigenvalue weighted by atomic mass is 9.88. The van der Waals surface area contributed by atoms with Gasteiger partial charge >= 0.3 is 0 Å². The van der Waals surface area contributed by atoms with Gasteiger partial charge in [0.2, 0.25) is 5.91 Å². The van der Waals surface area contributed by atoms with Crippen LogP contribution in [0.4, 0.5) is 0 Å². The van der Waals surface area contributed by atoms with Gasteiger partial charge in [0.1, 0.15) is 13.2 Å². The van der Waals surface area contributed by atoms with Crippen LogP contribution < -0.4 is 20.1 Å². The number of hydrogen-bond donors (Lipinski definition) is 2. The Labute approximate surface area is 137 Å². The first-order valence-electron chi connectivity index (χ1n) is 7.56. The fourth-order valence-electron chi connectivity index (χ4n) is 2.64. The standard InChI is InChI=1S/C16H22N2O3.ClH/c1-10(13-8-17-9-13)16(19)18-11(2)12-3-4-14-15(7-12)21-6-5-20-14;/h3-4,7,10-11,13,17H,5-6,8-9H2,1-2H3,(H,18,19);1H. The molecule has 0 aliphatic carbocycles. The van der Waals surface area contributed by atoms with Gasteiger partial charge in [-0.3, -0.25) is 4.79 Å². The molecule has 1 amide bonds. The first-order valence-corrected chi connectivity index (χ1v) is 7.56. The summed E-state index contributed by atoms with van der Waals surface area (Å²) < 4.78 is 11.1. The van der Waals surface area contributed by atoms with Gasteiger partial charge in [0.25, 0.3) is 0 Å². The van der Waals surface area contributed by atoms with E-state index in [0.717, 1.165) is 30.2 Å². The first-order chi connectivity index (χ1) is 10.1. The number of ether oxygens (including phenoxy) is 2. The second-order valence-electron chi connectivity index (χ2n) is 5.84. The molecular formula is C16H23ClN2O3. The van der Waals surface area contributed by atoms with E-state index in [9.17, 15) is 4.79 Å². The molecule has 0 aromatic heterocycles. The minimum atomic E-state index is -0.0381. The van der Waals surface area contributed by atoms with Crippen molar-refractivity contribution < 1.29 is 14.3 Å². The largest absolute Gasteiger partial charge is 0.486 e. The summed E-state index contributed by atoms with van der Waals surface area (Å²) in [7, 11) is 0. The third-order valence-corrected chi connectivity index (χ3v) is 4.36. The molecule has 1 aromatic rings. The van der Waals surface area contributed by atoms with Crippen LogP contribution >= 0.6 is 12.4 Å². The van der Waals surface area contributed by atoms with Crippen LogP contribution in [0.3, 0.4) is 0 Å². The number of amides is 1. The molecule has 2 heterocycles. The van der Waals surface area contributed by atoms with Crippen molar-refractivity contribution in [2.45, 2.75) is 19.9 Å². The lowest BCUT2D eigenvalue weighted by Gasteiger charge is -2.32. The van der Waals surface area contributed by atoms with Gasteiger partial charge in [-0.2, -0.15) is 0 Å². The number of halogens is 1. The lowest BCUT2D eigenvalue weighted by molar-refractivity contribution is -0.127. The van der Waals surface area contributed by atoms with Crippen molar-refractivity contribution in [3.8, 4) is 11.5 Å². The molecule has 2 aliphatic rings. The number of rotatable bonds is 4. The van der Waals surface area contributed by atoms with Crippen molar-refractivity contribution >= 4 is 18.3 Å². The molecule has 1 aromatic carbocycles. The third kappa shape index (κ3) is 3.47. The first kappa shape index (κ1) is 16.9. The van der Waals surface area contributed by atoms with Gasteiger partial charge in [-0.25, -0.2) is 0 Å². The zero-order chi connectivity index (χ0) is 14.8. The van der Waals surface area contributed by atoms with E-state index in [-0.39, 0.29) is 30.3 Å². The van der Waals surface area contributed by atoms with Gasteiger partial charge in [0, 0.05) is 5.92 Å². The summed E-state index contributed by atoms with van der Waals surface area (Å²) in [6.45, 7) is 7.03. The lowest BCUT2D eigenvalue weighted by Crippen LogP contribution is -2.49. The number of fused-ring (bicyclic) bond motifs is 1. The van der Waals surface area contributed by atoms with Gasteiger partial charge in [-0.05, 0) is 43.6 Å². The molecule has 6 heteroatoms.